The fourth-order valence-electron chi connectivity index (χ4n) is 0.464. The SMILES string of the molecule is C/C(C/C=N/N=C(N)N)=N\N=C(N)N.O=S(=O)(O)O. The van der Waals surface area contributed by atoms with Crippen molar-refractivity contribution < 1.29 is 17.5 Å². The molecule has 110 valence electrons. The molecule has 10 N–H and O–H groups in total. The second-order valence-electron chi connectivity index (χ2n) is 2.84. The van der Waals surface area contributed by atoms with Crippen LogP contribution in [0.5, 0.6) is 0 Å². The predicted molar refractivity (Wildman–Crippen MR) is 72.0 cm³/mol. The molecule has 0 saturated heterocycles. The molecule has 0 rings (SSSR count). The number of hydrogen-bond acceptors (Lipinski definition) is 6. The highest BCUT2D eigenvalue weighted by Gasteiger charge is 1.87. The predicted octanol–water partition coefficient (Wildman–Crippen LogP) is -2.37. The molecule has 0 heterocycles. The summed E-state index contributed by atoms with van der Waals surface area (Å²) in [5.74, 6) is -0.189. The van der Waals surface area contributed by atoms with Crippen LogP contribution in [-0.4, -0.2) is 41.4 Å². The molecule has 0 bridgehead atoms. The van der Waals surface area contributed by atoms with Crippen LogP contribution in [0.15, 0.2) is 20.4 Å². The average molecular weight is 296 g/mol. The van der Waals surface area contributed by atoms with Crippen LogP contribution in [0.25, 0.3) is 0 Å². The Balaban J connectivity index is 0. The van der Waals surface area contributed by atoms with E-state index in [0.717, 1.165) is 0 Å². The van der Waals surface area contributed by atoms with E-state index in [4.69, 9.17) is 40.5 Å². The lowest BCUT2D eigenvalue weighted by molar-refractivity contribution is 0.381. The van der Waals surface area contributed by atoms with Crippen LogP contribution in [0, 0.1) is 0 Å². The van der Waals surface area contributed by atoms with E-state index in [1.165, 1.54) is 6.21 Å². The Hall–Kier alpha value is -2.25. The molecule has 19 heavy (non-hydrogen) atoms. The third-order valence-corrected chi connectivity index (χ3v) is 0.978. The number of guanidine groups is 2. The van der Waals surface area contributed by atoms with E-state index in [-0.39, 0.29) is 11.9 Å². The summed E-state index contributed by atoms with van der Waals surface area (Å²) < 4.78 is 31.6. The fraction of sp³-hybridized carbons (Fsp3) is 0.333. The largest absolute Gasteiger partial charge is 0.394 e. The van der Waals surface area contributed by atoms with Crippen molar-refractivity contribution >= 4 is 34.2 Å². The van der Waals surface area contributed by atoms with Gasteiger partial charge in [-0.05, 0) is 6.92 Å². The summed E-state index contributed by atoms with van der Waals surface area (Å²) in [6.07, 6.45) is 1.95. The summed E-state index contributed by atoms with van der Waals surface area (Å²) in [6, 6.07) is 0. The monoisotopic (exact) mass is 296 g/mol. The molecule has 0 amide bonds. The molecule has 0 aromatic rings. The first kappa shape index (κ1) is 19.1. The molecule has 0 radical (unpaired) electrons. The molecule has 0 unspecified atom stereocenters. The Morgan fingerprint density at radius 1 is 1.05 bits per heavy atom. The van der Waals surface area contributed by atoms with Gasteiger partial charge in [-0.15, -0.1) is 10.2 Å². The van der Waals surface area contributed by atoms with Crippen LogP contribution in [0.4, 0.5) is 0 Å². The van der Waals surface area contributed by atoms with Gasteiger partial charge in [0.25, 0.3) is 0 Å². The van der Waals surface area contributed by atoms with E-state index in [1.54, 1.807) is 6.92 Å². The van der Waals surface area contributed by atoms with Gasteiger partial charge in [0.15, 0.2) is 0 Å². The van der Waals surface area contributed by atoms with Gasteiger partial charge >= 0.3 is 10.4 Å². The second kappa shape index (κ2) is 9.75. The average Bonchev–Trinajstić information content (AvgIpc) is 2.18. The molecule has 0 aliphatic carbocycles. The van der Waals surface area contributed by atoms with Gasteiger partial charge < -0.3 is 22.9 Å². The molecule has 13 heteroatoms. The summed E-state index contributed by atoms with van der Waals surface area (Å²) >= 11 is 0. The Kier molecular flexibility index (Phi) is 9.80. The Labute approximate surface area is 109 Å². The van der Waals surface area contributed by atoms with Crippen molar-refractivity contribution in [3.8, 4) is 0 Å². The van der Waals surface area contributed by atoms with E-state index >= 15 is 0 Å². The van der Waals surface area contributed by atoms with Crippen molar-refractivity contribution in [3.63, 3.8) is 0 Å². The van der Waals surface area contributed by atoms with Gasteiger partial charge in [-0.2, -0.15) is 18.6 Å². The summed E-state index contributed by atoms with van der Waals surface area (Å²) in [4.78, 5) is 0. The quantitative estimate of drug-likeness (QED) is 0.142. The van der Waals surface area contributed by atoms with Crippen LogP contribution in [0.3, 0.4) is 0 Å². The van der Waals surface area contributed by atoms with Crippen LogP contribution in [-0.2, 0) is 10.4 Å². The van der Waals surface area contributed by atoms with Crippen LogP contribution in [0.1, 0.15) is 13.3 Å². The van der Waals surface area contributed by atoms with Gasteiger partial charge in [-0.25, -0.2) is 0 Å². The smallest absolute Gasteiger partial charge is 0.369 e. The van der Waals surface area contributed by atoms with E-state index in [9.17, 15) is 0 Å². The van der Waals surface area contributed by atoms with Gasteiger partial charge in [-0.3, -0.25) is 9.11 Å². The summed E-state index contributed by atoms with van der Waals surface area (Å²) in [6.45, 7) is 1.74. The lowest BCUT2D eigenvalue weighted by Crippen LogP contribution is -2.22. The molecular formula is C6H16N8O4S. The number of hydrogen-bond donors (Lipinski definition) is 6. The number of nitrogens with zero attached hydrogens (tertiary/aromatic N) is 4. The van der Waals surface area contributed by atoms with Crippen molar-refractivity contribution in [2.75, 3.05) is 0 Å². The molecule has 0 spiro atoms. The van der Waals surface area contributed by atoms with Gasteiger partial charge in [-0.1, -0.05) is 0 Å². The first-order chi connectivity index (χ1) is 8.52. The van der Waals surface area contributed by atoms with Gasteiger partial charge in [0.1, 0.15) is 0 Å². The topological polar surface area (TPSA) is 228 Å². The molecule has 0 aliphatic rings. The maximum absolute atomic E-state index is 8.74. The standard InChI is InChI=1S/C6H14N8.H2O4S/c1-4(12-14-6(9)10)2-3-11-13-5(7)8;1-5(2,3)4/h3H,2H2,1H3,(H4,7,8,13)(H4,9,10,14);(H2,1,2,3,4)/b11-3+,12-4+;. The van der Waals surface area contributed by atoms with Crippen molar-refractivity contribution in [2.45, 2.75) is 13.3 Å². The highest BCUT2D eigenvalue weighted by Crippen LogP contribution is 1.84. The highest BCUT2D eigenvalue weighted by molar-refractivity contribution is 7.79. The van der Waals surface area contributed by atoms with E-state index in [2.05, 4.69) is 20.4 Å². The lowest BCUT2D eigenvalue weighted by atomic mass is 10.3. The Morgan fingerprint density at radius 3 is 1.84 bits per heavy atom. The van der Waals surface area contributed by atoms with E-state index < -0.39 is 10.4 Å². The minimum Gasteiger partial charge on any atom is -0.369 e. The van der Waals surface area contributed by atoms with Gasteiger partial charge in [0, 0.05) is 18.3 Å². The first-order valence-electron chi connectivity index (χ1n) is 4.44. The van der Waals surface area contributed by atoms with Gasteiger partial charge in [0.2, 0.25) is 11.9 Å². The normalized spacial score (nSPS) is 11.4. The molecule has 0 atom stereocenters. The minimum atomic E-state index is -4.67. The Morgan fingerprint density at radius 2 is 1.47 bits per heavy atom. The zero-order valence-electron chi connectivity index (χ0n) is 10.0. The third kappa shape index (κ3) is 31.3. The van der Waals surface area contributed by atoms with E-state index in [1.807, 2.05) is 0 Å². The van der Waals surface area contributed by atoms with Crippen molar-refractivity contribution in [1.82, 2.24) is 0 Å². The maximum Gasteiger partial charge on any atom is 0.394 e. The molecule has 12 nitrogen and oxygen atoms in total. The van der Waals surface area contributed by atoms with Crippen LogP contribution >= 0.6 is 0 Å². The van der Waals surface area contributed by atoms with Crippen molar-refractivity contribution in [2.24, 2.45) is 43.3 Å². The summed E-state index contributed by atoms with van der Waals surface area (Å²) in [5, 5.41) is 14.1. The van der Waals surface area contributed by atoms with E-state index in [0.29, 0.717) is 12.1 Å². The van der Waals surface area contributed by atoms with Crippen molar-refractivity contribution in [3.05, 3.63) is 0 Å². The highest BCUT2D eigenvalue weighted by atomic mass is 32.3. The molecule has 0 aromatic heterocycles. The number of nitrogens with two attached hydrogens (primary N) is 4. The summed E-state index contributed by atoms with van der Waals surface area (Å²) in [5.41, 5.74) is 20.9. The molecule has 0 saturated carbocycles. The van der Waals surface area contributed by atoms with Crippen molar-refractivity contribution in [1.29, 1.82) is 0 Å². The minimum absolute atomic E-state index is 0.0921. The first-order valence-corrected chi connectivity index (χ1v) is 5.84. The van der Waals surface area contributed by atoms with Crippen LogP contribution in [0.2, 0.25) is 0 Å². The Bertz CT molecular complexity index is 463. The molecule has 0 aromatic carbocycles. The fourth-order valence-corrected chi connectivity index (χ4v) is 0.464. The zero-order valence-corrected chi connectivity index (χ0v) is 10.8. The molecule has 0 aliphatic heterocycles. The third-order valence-electron chi connectivity index (χ3n) is 0.978. The zero-order chi connectivity index (χ0) is 15.5. The molecular weight excluding hydrogens is 280 g/mol. The van der Waals surface area contributed by atoms with Gasteiger partial charge in [0.05, 0.1) is 0 Å². The molecule has 0 fully saturated rings. The second-order valence-corrected chi connectivity index (χ2v) is 3.73. The maximum atomic E-state index is 8.74. The summed E-state index contributed by atoms with van der Waals surface area (Å²) in [7, 11) is -4.67. The van der Waals surface area contributed by atoms with Crippen LogP contribution < -0.4 is 22.9 Å². The number of rotatable bonds is 4. The lowest BCUT2D eigenvalue weighted by Gasteiger charge is -1.90.